The molecule has 4 rings (SSSR count). The van der Waals surface area contributed by atoms with Crippen molar-refractivity contribution in [1.82, 2.24) is 15.4 Å². The Morgan fingerprint density at radius 3 is 2.75 bits per heavy atom. The molecule has 2 aliphatic rings. The van der Waals surface area contributed by atoms with E-state index in [2.05, 4.69) is 21.4 Å². The van der Waals surface area contributed by atoms with Gasteiger partial charge in [0.25, 0.3) is 0 Å². The molecule has 2 fully saturated rings. The molecule has 0 radical (unpaired) electrons. The van der Waals surface area contributed by atoms with Crippen molar-refractivity contribution in [2.75, 3.05) is 33.3 Å². The van der Waals surface area contributed by atoms with Crippen LogP contribution < -0.4 is 10.1 Å². The van der Waals surface area contributed by atoms with Gasteiger partial charge < -0.3 is 14.6 Å². The van der Waals surface area contributed by atoms with Crippen LogP contribution >= 0.6 is 0 Å². The predicted molar refractivity (Wildman–Crippen MR) is 92.9 cm³/mol. The number of rotatable bonds is 4. The summed E-state index contributed by atoms with van der Waals surface area (Å²) in [6, 6.07) is 9.99. The van der Waals surface area contributed by atoms with Crippen molar-refractivity contribution in [3.8, 4) is 17.0 Å². The number of aromatic nitrogens is 1. The van der Waals surface area contributed by atoms with Crippen molar-refractivity contribution < 1.29 is 9.26 Å². The number of benzene rings is 1. The Kier molecular flexibility index (Phi) is 4.29. The van der Waals surface area contributed by atoms with E-state index in [1.807, 2.05) is 24.3 Å². The molecule has 0 saturated carbocycles. The van der Waals surface area contributed by atoms with Gasteiger partial charge in [-0.25, -0.2) is 0 Å². The lowest BCUT2D eigenvalue weighted by Crippen LogP contribution is -2.38. The van der Waals surface area contributed by atoms with Crippen LogP contribution in [0, 0.1) is 5.41 Å². The van der Waals surface area contributed by atoms with Crippen molar-refractivity contribution in [2.45, 2.75) is 25.8 Å². The number of nitrogens with one attached hydrogen (secondary N) is 1. The van der Waals surface area contributed by atoms with E-state index >= 15 is 0 Å². The molecule has 2 aromatic rings. The molecule has 0 unspecified atom stereocenters. The van der Waals surface area contributed by atoms with Crippen LogP contribution in [0.3, 0.4) is 0 Å². The van der Waals surface area contributed by atoms with Gasteiger partial charge in [0.2, 0.25) is 0 Å². The standard InChI is InChI=1S/C19H25N3O2/c1-23-16-4-2-15(3-5-16)18-12-17(24-21-18)13-22-11-8-19(14-22)6-9-20-10-7-19/h2-5,12,20H,6-11,13-14H2,1H3. The minimum Gasteiger partial charge on any atom is -0.497 e. The fourth-order valence-corrected chi connectivity index (χ4v) is 4.03. The van der Waals surface area contributed by atoms with E-state index in [-0.39, 0.29) is 0 Å². The van der Waals surface area contributed by atoms with Crippen LogP contribution in [0.15, 0.2) is 34.9 Å². The number of nitrogens with zero attached hydrogens (tertiary/aromatic N) is 2. The molecular weight excluding hydrogens is 302 g/mol. The highest BCUT2D eigenvalue weighted by molar-refractivity contribution is 5.59. The van der Waals surface area contributed by atoms with E-state index in [9.17, 15) is 0 Å². The summed E-state index contributed by atoms with van der Waals surface area (Å²) in [6.45, 7) is 5.54. The summed E-state index contributed by atoms with van der Waals surface area (Å²) in [5, 5.41) is 7.71. The van der Waals surface area contributed by atoms with Gasteiger partial charge in [-0.1, -0.05) is 5.16 Å². The fourth-order valence-electron chi connectivity index (χ4n) is 4.03. The Balaban J connectivity index is 1.40. The SMILES string of the molecule is COc1ccc(-c2cc(CN3CCC4(CCNCC4)C3)on2)cc1. The van der Waals surface area contributed by atoms with Gasteiger partial charge in [0.05, 0.1) is 13.7 Å². The second-order valence-corrected chi connectivity index (χ2v) is 7.12. The molecule has 1 spiro atoms. The van der Waals surface area contributed by atoms with E-state index in [1.165, 1.54) is 32.4 Å². The van der Waals surface area contributed by atoms with Crippen LogP contribution in [-0.2, 0) is 6.54 Å². The van der Waals surface area contributed by atoms with Crippen molar-refractivity contribution >= 4 is 0 Å². The zero-order chi connectivity index (χ0) is 16.4. The molecule has 1 aromatic carbocycles. The monoisotopic (exact) mass is 327 g/mol. The van der Waals surface area contributed by atoms with E-state index in [1.54, 1.807) is 7.11 Å². The number of hydrogen-bond donors (Lipinski definition) is 1. The van der Waals surface area contributed by atoms with Crippen LogP contribution in [0.25, 0.3) is 11.3 Å². The molecular formula is C19H25N3O2. The topological polar surface area (TPSA) is 50.5 Å². The number of hydrogen-bond acceptors (Lipinski definition) is 5. The highest BCUT2D eigenvalue weighted by Gasteiger charge is 2.38. The maximum Gasteiger partial charge on any atom is 0.151 e. The number of ether oxygens (including phenoxy) is 1. The molecule has 0 aliphatic carbocycles. The number of piperidine rings is 1. The third-order valence-electron chi connectivity index (χ3n) is 5.51. The van der Waals surface area contributed by atoms with Crippen LogP contribution in [0.1, 0.15) is 25.0 Å². The second-order valence-electron chi connectivity index (χ2n) is 7.12. The second kappa shape index (κ2) is 6.57. The lowest BCUT2D eigenvalue weighted by molar-refractivity contribution is 0.186. The zero-order valence-corrected chi connectivity index (χ0v) is 14.3. The third-order valence-corrected chi connectivity index (χ3v) is 5.51. The summed E-state index contributed by atoms with van der Waals surface area (Å²) < 4.78 is 10.8. The Labute approximate surface area is 143 Å². The molecule has 2 saturated heterocycles. The summed E-state index contributed by atoms with van der Waals surface area (Å²) in [5.74, 6) is 1.80. The molecule has 24 heavy (non-hydrogen) atoms. The van der Waals surface area contributed by atoms with E-state index < -0.39 is 0 Å². The molecule has 3 heterocycles. The minimum atomic E-state index is 0.532. The van der Waals surface area contributed by atoms with Crippen molar-refractivity contribution in [3.05, 3.63) is 36.1 Å². The van der Waals surface area contributed by atoms with Crippen LogP contribution in [0.5, 0.6) is 5.75 Å². The van der Waals surface area contributed by atoms with Gasteiger partial charge in [-0.05, 0) is 68.6 Å². The first-order chi connectivity index (χ1) is 11.8. The van der Waals surface area contributed by atoms with Crippen LogP contribution in [0.2, 0.25) is 0 Å². The first kappa shape index (κ1) is 15.7. The van der Waals surface area contributed by atoms with Gasteiger partial charge in [-0.2, -0.15) is 0 Å². The summed E-state index contributed by atoms with van der Waals surface area (Å²) in [7, 11) is 1.68. The molecule has 1 aromatic heterocycles. The summed E-state index contributed by atoms with van der Waals surface area (Å²) in [6.07, 6.45) is 3.92. The maximum absolute atomic E-state index is 5.58. The van der Waals surface area contributed by atoms with Gasteiger partial charge >= 0.3 is 0 Å². The molecule has 0 amide bonds. The third kappa shape index (κ3) is 3.19. The van der Waals surface area contributed by atoms with E-state index in [0.717, 1.165) is 42.4 Å². The Morgan fingerprint density at radius 1 is 1.21 bits per heavy atom. The van der Waals surface area contributed by atoms with Crippen molar-refractivity contribution in [3.63, 3.8) is 0 Å². The Morgan fingerprint density at radius 2 is 2.00 bits per heavy atom. The molecule has 128 valence electrons. The Hall–Kier alpha value is -1.85. The first-order valence-electron chi connectivity index (χ1n) is 8.79. The van der Waals surface area contributed by atoms with E-state index in [4.69, 9.17) is 9.26 Å². The van der Waals surface area contributed by atoms with Gasteiger partial charge in [0.15, 0.2) is 5.76 Å². The normalized spacial score (nSPS) is 20.5. The zero-order valence-electron chi connectivity index (χ0n) is 14.3. The lowest BCUT2D eigenvalue weighted by Gasteiger charge is -2.33. The first-order valence-corrected chi connectivity index (χ1v) is 8.79. The van der Waals surface area contributed by atoms with Crippen LogP contribution in [0.4, 0.5) is 0 Å². The van der Waals surface area contributed by atoms with Crippen molar-refractivity contribution in [1.29, 1.82) is 0 Å². The average molecular weight is 327 g/mol. The smallest absolute Gasteiger partial charge is 0.151 e. The summed E-state index contributed by atoms with van der Waals surface area (Å²) >= 11 is 0. The number of likely N-dealkylation sites (tertiary alicyclic amines) is 1. The minimum absolute atomic E-state index is 0.532. The quantitative estimate of drug-likeness (QED) is 0.936. The maximum atomic E-state index is 5.58. The molecule has 0 bridgehead atoms. The van der Waals surface area contributed by atoms with Gasteiger partial charge in [0, 0.05) is 18.2 Å². The Bertz CT molecular complexity index is 674. The molecule has 1 N–H and O–H groups in total. The highest BCUT2D eigenvalue weighted by Crippen LogP contribution is 2.39. The molecule has 0 atom stereocenters. The molecule has 5 nitrogen and oxygen atoms in total. The predicted octanol–water partition coefficient (Wildman–Crippen LogP) is 2.93. The van der Waals surface area contributed by atoms with Crippen molar-refractivity contribution in [2.24, 2.45) is 5.41 Å². The van der Waals surface area contributed by atoms with Gasteiger partial charge in [0.1, 0.15) is 11.4 Å². The lowest BCUT2D eigenvalue weighted by atomic mass is 9.78. The average Bonchev–Trinajstić information content (AvgIpc) is 3.24. The molecule has 5 heteroatoms. The largest absolute Gasteiger partial charge is 0.497 e. The summed E-state index contributed by atoms with van der Waals surface area (Å²) in [5.41, 5.74) is 2.48. The highest BCUT2D eigenvalue weighted by atomic mass is 16.5. The fraction of sp³-hybridized carbons (Fsp3) is 0.526. The molecule has 2 aliphatic heterocycles. The van der Waals surface area contributed by atoms with E-state index in [0.29, 0.717) is 5.41 Å². The number of methoxy groups -OCH3 is 1. The van der Waals surface area contributed by atoms with Gasteiger partial charge in [-0.15, -0.1) is 0 Å². The van der Waals surface area contributed by atoms with Gasteiger partial charge in [-0.3, -0.25) is 4.90 Å². The summed E-state index contributed by atoms with van der Waals surface area (Å²) in [4.78, 5) is 2.52. The van der Waals surface area contributed by atoms with Crippen LogP contribution in [-0.4, -0.2) is 43.3 Å².